The number of rotatable bonds is 4. The molecule has 0 spiro atoms. The van der Waals surface area contributed by atoms with Crippen LogP contribution in [0.15, 0.2) is 42.7 Å². The zero-order valence-electron chi connectivity index (χ0n) is 18.5. The van der Waals surface area contributed by atoms with E-state index in [1.165, 1.54) is 4.90 Å². The summed E-state index contributed by atoms with van der Waals surface area (Å²) in [4.78, 5) is 31.3. The zero-order valence-corrected chi connectivity index (χ0v) is 18.5. The first-order valence-corrected chi connectivity index (χ1v) is 10.8. The Balaban J connectivity index is 1.49. The largest absolute Gasteiger partial charge is 0.485 e. The number of amides is 2. The van der Waals surface area contributed by atoms with Crippen LogP contribution in [0.5, 0.6) is 5.75 Å². The Labute approximate surface area is 191 Å². The van der Waals surface area contributed by atoms with E-state index in [4.69, 9.17) is 9.47 Å². The van der Waals surface area contributed by atoms with Crippen LogP contribution in [0.2, 0.25) is 0 Å². The van der Waals surface area contributed by atoms with Gasteiger partial charge in [-0.2, -0.15) is 5.26 Å². The van der Waals surface area contributed by atoms with Crippen molar-refractivity contribution in [3.63, 3.8) is 0 Å². The predicted molar refractivity (Wildman–Crippen MR) is 117 cm³/mol. The highest BCUT2D eigenvalue weighted by atomic mass is 16.6. The molecule has 4 rings (SSSR count). The van der Waals surface area contributed by atoms with Crippen molar-refractivity contribution in [2.24, 2.45) is 0 Å². The third kappa shape index (κ3) is 4.61. The number of fused-ring (bicyclic) bond motifs is 1. The van der Waals surface area contributed by atoms with Gasteiger partial charge >= 0.3 is 6.09 Å². The summed E-state index contributed by atoms with van der Waals surface area (Å²) in [6, 6.07) is 8.97. The lowest BCUT2D eigenvalue weighted by Crippen LogP contribution is -2.56. The van der Waals surface area contributed by atoms with Crippen molar-refractivity contribution in [2.45, 2.75) is 57.1 Å². The first-order chi connectivity index (χ1) is 15.8. The SMILES string of the molecule is CC1(C)Oc2ccc(C#N)cc2C(NC(=O)[C@@H]2CCCN2C(=O)OCc2ccncc2)C1O. The van der Waals surface area contributed by atoms with Gasteiger partial charge in [0.05, 0.1) is 17.7 Å². The number of nitriles is 1. The molecule has 0 bridgehead atoms. The summed E-state index contributed by atoms with van der Waals surface area (Å²) in [5, 5.41) is 23.1. The number of nitrogens with one attached hydrogen (secondary N) is 1. The van der Waals surface area contributed by atoms with Crippen LogP contribution in [0, 0.1) is 11.3 Å². The minimum Gasteiger partial charge on any atom is -0.485 e. The van der Waals surface area contributed by atoms with Gasteiger partial charge in [0.2, 0.25) is 5.91 Å². The Morgan fingerprint density at radius 3 is 2.82 bits per heavy atom. The van der Waals surface area contributed by atoms with Crippen molar-refractivity contribution in [1.82, 2.24) is 15.2 Å². The molecule has 1 aromatic carbocycles. The molecule has 1 saturated heterocycles. The number of nitrogens with zero attached hydrogens (tertiary/aromatic N) is 3. The molecule has 172 valence electrons. The van der Waals surface area contributed by atoms with Gasteiger partial charge in [-0.15, -0.1) is 0 Å². The summed E-state index contributed by atoms with van der Waals surface area (Å²) in [6.07, 6.45) is 2.77. The van der Waals surface area contributed by atoms with E-state index in [1.54, 1.807) is 56.6 Å². The summed E-state index contributed by atoms with van der Waals surface area (Å²) < 4.78 is 11.3. The van der Waals surface area contributed by atoms with E-state index in [0.29, 0.717) is 36.3 Å². The van der Waals surface area contributed by atoms with Crippen LogP contribution in [0.3, 0.4) is 0 Å². The van der Waals surface area contributed by atoms with Gasteiger partial charge in [-0.25, -0.2) is 4.79 Å². The topological polar surface area (TPSA) is 125 Å². The van der Waals surface area contributed by atoms with Crippen LogP contribution in [0.1, 0.15) is 49.4 Å². The van der Waals surface area contributed by atoms with Crippen LogP contribution in [-0.2, 0) is 16.1 Å². The Morgan fingerprint density at radius 2 is 2.09 bits per heavy atom. The van der Waals surface area contributed by atoms with Gasteiger partial charge in [-0.3, -0.25) is 14.7 Å². The van der Waals surface area contributed by atoms with Crippen LogP contribution in [-0.4, -0.2) is 51.3 Å². The summed E-state index contributed by atoms with van der Waals surface area (Å²) in [6.45, 7) is 3.96. The van der Waals surface area contributed by atoms with E-state index in [2.05, 4.69) is 16.4 Å². The minimum absolute atomic E-state index is 0.0867. The van der Waals surface area contributed by atoms with Crippen molar-refractivity contribution in [3.05, 3.63) is 59.4 Å². The number of hydrogen-bond donors (Lipinski definition) is 2. The van der Waals surface area contributed by atoms with E-state index in [0.717, 1.165) is 5.56 Å². The highest BCUT2D eigenvalue weighted by Gasteiger charge is 2.45. The van der Waals surface area contributed by atoms with Crippen LogP contribution < -0.4 is 10.1 Å². The highest BCUT2D eigenvalue weighted by molar-refractivity contribution is 5.86. The molecule has 0 radical (unpaired) electrons. The molecule has 2 N–H and O–H groups in total. The normalized spacial score (nSPS) is 23.1. The standard InChI is InChI=1S/C24H26N4O5/c1-24(2)21(29)20(17-12-16(13-25)5-6-19(17)33-24)27-22(30)18-4-3-11-28(18)23(31)32-14-15-7-9-26-10-8-15/h5-10,12,18,20-21,29H,3-4,11,14H2,1-2H3,(H,27,30)/t18-,20?,21?/m0/s1. The summed E-state index contributed by atoms with van der Waals surface area (Å²) in [5.41, 5.74) is 0.763. The van der Waals surface area contributed by atoms with Gasteiger partial charge in [0.25, 0.3) is 0 Å². The first-order valence-electron chi connectivity index (χ1n) is 10.8. The Morgan fingerprint density at radius 1 is 1.33 bits per heavy atom. The van der Waals surface area contributed by atoms with Crippen LogP contribution >= 0.6 is 0 Å². The molecule has 0 saturated carbocycles. The second-order valence-electron chi connectivity index (χ2n) is 8.76. The number of pyridine rings is 1. The Bertz CT molecular complexity index is 1080. The summed E-state index contributed by atoms with van der Waals surface area (Å²) >= 11 is 0. The van der Waals surface area contributed by atoms with Crippen molar-refractivity contribution in [3.8, 4) is 11.8 Å². The average Bonchev–Trinajstić information content (AvgIpc) is 3.31. The number of ether oxygens (including phenoxy) is 2. The number of hydrogen-bond acceptors (Lipinski definition) is 7. The average molecular weight is 450 g/mol. The van der Waals surface area contributed by atoms with Crippen molar-refractivity contribution < 1.29 is 24.2 Å². The number of benzene rings is 1. The number of carbonyl (C=O) groups is 2. The molecular weight excluding hydrogens is 424 g/mol. The molecule has 1 aromatic heterocycles. The maximum atomic E-state index is 13.2. The maximum Gasteiger partial charge on any atom is 0.410 e. The molecule has 2 aromatic rings. The molecule has 2 amide bonds. The highest BCUT2D eigenvalue weighted by Crippen LogP contribution is 2.40. The lowest BCUT2D eigenvalue weighted by molar-refractivity contribution is -0.129. The van der Waals surface area contributed by atoms with E-state index in [-0.39, 0.29) is 12.5 Å². The quantitative estimate of drug-likeness (QED) is 0.733. The molecular formula is C24H26N4O5. The van der Waals surface area contributed by atoms with Crippen molar-refractivity contribution in [2.75, 3.05) is 6.54 Å². The fraction of sp³-hybridized carbons (Fsp3) is 0.417. The first kappa shape index (κ1) is 22.6. The molecule has 2 aliphatic rings. The van der Waals surface area contributed by atoms with Crippen molar-refractivity contribution >= 4 is 12.0 Å². The summed E-state index contributed by atoms with van der Waals surface area (Å²) in [7, 11) is 0. The molecule has 3 atom stereocenters. The predicted octanol–water partition coefficient (Wildman–Crippen LogP) is 2.44. The maximum absolute atomic E-state index is 13.2. The molecule has 1 fully saturated rings. The monoisotopic (exact) mass is 450 g/mol. The molecule has 0 aliphatic carbocycles. The summed E-state index contributed by atoms with van der Waals surface area (Å²) in [5.74, 6) is 0.109. The fourth-order valence-electron chi connectivity index (χ4n) is 4.24. The second-order valence-corrected chi connectivity index (χ2v) is 8.76. The minimum atomic E-state index is -1.06. The lowest BCUT2D eigenvalue weighted by atomic mass is 9.85. The number of aliphatic hydroxyl groups is 1. The molecule has 2 unspecified atom stereocenters. The smallest absolute Gasteiger partial charge is 0.410 e. The molecule has 9 heteroatoms. The Hall–Kier alpha value is -3.64. The van der Waals surface area contributed by atoms with Gasteiger partial charge in [-0.1, -0.05) is 0 Å². The van der Waals surface area contributed by atoms with Crippen molar-refractivity contribution in [1.29, 1.82) is 5.26 Å². The lowest BCUT2D eigenvalue weighted by Gasteiger charge is -2.42. The second kappa shape index (κ2) is 9.08. The van der Waals surface area contributed by atoms with Crippen LogP contribution in [0.4, 0.5) is 4.79 Å². The molecule has 9 nitrogen and oxygen atoms in total. The third-order valence-electron chi connectivity index (χ3n) is 6.07. The molecule has 2 aliphatic heterocycles. The van der Waals surface area contributed by atoms with E-state index < -0.39 is 29.9 Å². The fourth-order valence-corrected chi connectivity index (χ4v) is 4.24. The molecule has 3 heterocycles. The van der Waals surface area contributed by atoms with E-state index >= 15 is 0 Å². The number of aliphatic hydroxyl groups excluding tert-OH is 1. The van der Waals surface area contributed by atoms with Gasteiger partial charge in [0, 0.05) is 24.5 Å². The Kier molecular flexibility index (Phi) is 6.20. The van der Waals surface area contributed by atoms with Gasteiger partial charge < -0.3 is 19.9 Å². The zero-order chi connectivity index (χ0) is 23.6. The third-order valence-corrected chi connectivity index (χ3v) is 6.07. The van der Waals surface area contributed by atoms with Crippen LogP contribution in [0.25, 0.3) is 0 Å². The van der Waals surface area contributed by atoms with Gasteiger partial charge in [0.15, 0.2) is 0 Å². The van der Waals surface area contributed by atoms with Gasteiger partial charge in [0.1, 0.15) is 30.1 Å². The van der Waals surface area contributed by atoms with E-state index in [1.807, 2.05) is 0 Å². The number of carbonyl (C=O) groups excluding carboxylic acids is 2. The number of likely N-dealkylation sites (tertiary alicyclic amines) is 1. The van der Waals surface area contributed by atoms with E-state index in [9.17, 15) is 20.0 Å². The van der Waals surface area contributed by atoms with Gasteiger partial charge in [-0.05, 0) is 62.6 Å². The number of aromatic nitrogens is 1. The molecule has 33 heavy (non-hydrogen) atoms.